The summed E-state index contributed by atoms with van der Waals surface area (Å²) in [5.41, 5.74) is 0. The molecule has 0 atom stereocenters. The Morgan fingerprint density at radius 2 is 1.14 bits per heavy atom. The summed E-state index contributed by atoms with van der Waals surface area (Å²) in [7, 11) is 0. The van der Waals surface area contributed by atoms with E-state index in [0.29, 0.717) is 6.61 Å². The van der Waals surface area contributed by atoms with Gasteiger partial charge < -0.3 is 4.74 Å². The number of carbonyl (C=O) groups is 1. The van der Waals surface area contributed by atoms with Gasteiger partial charge in [-0.25, -0.2) is 4.79 Å². The Hall–Kier alpha value is -0.790. The zero-order chi connectivity index (χ0) is 21.4. The molecule has 0 spiro atoms. The zero-order valence-electron chi connectivity index (χ0n) is 20.2. The van der Waals surface area contributed by atoms with Crippen LogP contribution in [0.15, 0.2) is 12.2 Å². The lowest BCUT2D eigenvalue weighted by Gasteiger charge is -2.04. The molecule has 0 aliphatic heterocycles. The molecule has 0 aromatic rings. The molecule has 0 unspecified atom stereocenters. The Balaban J connectivity index is 3.18. The van der Waals surface area contributed by atoms with Gasteiger partial charge in [-0.3, -0.25) is 0 Å². The van der Waals surface area contributed by atoms with Crippen molar-refractivity contribution in [1.29, 1.82) is 0 Å². The maximum atomic E-state index is 11.6. The predicted octanol–water partition coefficient (Wildman–Crippen LogP) is 9.17. The molecule has 0 radical (unpaired) electrons. The molecule has 0 N–H and O–H groups in total. The summed E-state index contributed by atoms with van der Waals surface area (Å²) in [5.74, 6) is 0.570. The summed E-state index contributed by atoms with van der Waals surface area (Å²) in [6.07, 6.45) is 28.7. The van der Waals surface area contributed by atoms with E-state index in [1.807, 2.05) is 6.08 Å². The van der Waals surface area contributed by atoms with Gasteiger partial charge in [-0.1, -0.05) is 130 Å². The second kappa shape index (κ2) is 23.5. The molecule has 0 aliphatic carbocycles. The van der Waals surface area contributed by atoms with Crippen LogP contribution in [-0.4, -0.2) is 12.6 Å². The van der Waals surface area contributed by atoms with Crippen LogP contribution in [0.2, 0.25) is 0 Å². The molecule has 0 heterocycles. The Morgan fingerprint density at radius 1 is 0.690 bits per heavy atom. The number of allylic oxidation sites excluding steroid dienone is 1. The molecular formula is C27H52O2. The molecule has 0 aliphatic rings. The van der Waals surface area contributed by atoms with Crippen molar-refractivity contribution in [3.05, 3.63) is 12.2 Å². The van der Waals surface area contributed by atoms with Gasteiger partial charge in [0, 0.05) is 6.08 Å². The van der Waals surface area contributed by atoms with Crippen molar-refractivity contribution >= 4 is 5.97 Å². The van der Waals surface area contributed by atoms with Crippen LogP contribution in [0.3, 0.4) is 0 Å². The van der Waals surface area contributed by atoms with E-state index in [0.717, 1.165) is 25.2 Å². The molecule has 172 valence electrons. The topological polar surface area (TPSA) is 26.3 Å². The third kappa shape index (κ3) is 25.2. The number of esters is 1. The first kappa shape index (κ1) is 28.2. The summed E-state index contributed by atoms with van der Waals surface area (Å²) >= 11 is 0. The lowest BCUT2D eigenvalue weighted by atomic mass is 10.0. The summed E-state index contributed by atoms with van der Waals surface area (Å²) < 4.78 is 5.26. The highest BCUT2D eigenvalue weighted by atomic mass is 16.5. The van der Waals surface area contributed by atoms with Crippen molar-refractivity contribution in [2.24, 2.45) is 5.92 Å². The van der Waals surface area contributed by atoms with Crippen molar-refractivity contribution in [3.63, 3.8) is 0 Å². The molecule has 0 rings (SSSR count). The number of hydrogen-bond donors (Lipinski definition) is 0. The van der Waals surface area contributed by atoms with Gasteiger partial charge in [0.15, 0.2) is 0 Å². The minimum absolute atomic E-state index is 0.171. The molecule has 0 fully saturated rings. The second-order valence-electron chi connectivity index (χ2n) is 9.20. The highest BCUT2D eigenvalue weighted by molar-refractivity contribution is 5.81. The minimum Gasteiger partial charge on any atom is -0.463 e. The van der Waals surface area contributed by atoms with Crippen LogP contribution in [-0.2, 0) is 9.53 Å². The zero-order valence-corrected chi connectivity index (χ0v) is 20.2. The lowest BCUT2D eigenvalue weighted by Crippen LogP contribution is -2.02. The van der Waals surface area contributed by atoms with Crippen molar-refractivity contribution in [2.75, 3.05) is 6.61 Å². The average molecular weight is 409 g/mol. The highest BCUT2D eigenvalue weighted by Gasteiger charge is 1.98. The van der Waals surface area contributed by atoms with Crippen LogP contribution >= 0.6 is 0 Å². The summed E-state index contributed by atoms with van der Waals surface area (Å²) in [6, 6.07) is 0. The van der Waals surface area contributed by atoms with Crippen LogP contribution < -0.4 is 0 Å². The van der Waals surface area contributed by atoms with Crippen molar-refractivity contribution in [1.82, 2.24) is 0 Å². The molecule has 0 aromatic carbocycles. The average Bonchev–Trinajstić information content (AvgIpc) is 2.69. The molecule has 2 nitrogen and oxygen atoms in total. The van der Waals surface area contributed by atoms with Gasteiger partial charge in [-0.15, -0.1) is 0 Å². The first-order valence-electron chi connectivity index (χ1n) is 13.0. The second-order valence-corrected chi connectivity index (χ2v) is 9.20. The fourth-order valence-corrected chi connectivity index (χ4v) is 3.69. The third-order valence-electron chi connectivity index (χ3n) is 5.65. The number of carbonyl (C=O) groups excluding carboxylic acids is 1. The maximum absolute atomic E-state index is 11.6. The molecular weight excluding hydrogens is 356 g/mol. The van der Waals surface area contributed by atoms with Gasteiger partial charge in [0.25, 0.3) is 0 Å². The van der Waals surface area contributed by atoms with E-state index in [-0.39, 0.29) is 5.97 Å². The first-order chi connectivity index (χ1) is 14.2. The van der Waals surface area contributed by atoms with Gasteiger partial charge in [0.1, 0.15) is 0 Å². The summed E-state index contributed by atoms with van der Waals surface area (Å²) in [4.78, 5) is 11.6. The number of hydrogen-bond acceptors (Lipinski definition) is 2. The van der Waals surface area contributed by atoms with E-state index in [4.69, 9.17) is 4.74 Å². The van der Waals surface area contributed by atoms with Gasteiger partial charge >= 0.3 is 5.97 Å². The SMILES string of the molecule is CCCCCCCCCCCCCCCCCCOC(=O)C=CCCCC(C)C. The fourth-order valence-electron chi connectivity index (χ4n) is 3.69. The van der Waals surface area contributed by atoms with E-state index in [1.165, 1.54) is 103 Å². The monoisotopic (exact) mass is 408 g/mol. The van der Waals surface area contributed by atoms with Crippen LogP contribution in [0, 0.1) is 5.92 Å². The standard InChI is InChI=1S/C27H52O2/c1-4-5-6-7-8-9-10-11-12-13-14-15-16-17-18-22-25-29-27(28)24-21-19-20-23-26(2)3/h21,24,26H,4-20,22-23,25H2,1-3H3. The maximum Gasteiger partial charge on any atom is 0.330 e. The van der Waals surface area contributed by atoms with Crippen LogP contribution in [0.4, 0.5) is 0 Å². The van der Waals surface area contributed by atoms with Crippen LogP contribution in [0.25, 0.3) is 0 Å². The quantitative estimate of drug-likeness (QED) is 0.101. The molecule has 29 heavy (non-hydrogen) atoms. The van der Waals surface area contributed by atoms with Crippen molar-refractivity contribution < 1.29 is 9.53 Å². The van der Waals surface area contributed by atoms with E-state index >= 15 is 0 Å². The largest absolute Gasteiger partial charge is 0.463 e. The van der Waals surface area contributed by atoms with Crippen molar-refractivity contribution in [2.45, 2.75) is 143 Å². The van der Waals surface area contributed by atoms with Gasteiger partial charge in [0.05, 0.1) is 6.61 Å². The van der Waals surface area contributed by atoms with Crippen LogP contribution in [0.1, 0.15) is 143 Å². The Bertz CT molecular complexity index is 360. The first-order valence-corrected chi connectivity index (χ1v) is 13.0. The number of rotatable bonds is 22. The molecule has 0 saturated carbocycles. The Morgan fingerprint density at radius 3 is 1.59 bits per heavy atom. The predicted molar refractivity (Wildman–Crippen MR) is 128 cm³/mol. The molecule has 0 bridgehead atoms. The minimum atomic E-state index is -0.171. The van der Waals surface area contributed by atoms with Gasteiger partial charge in [-0.05, 0) is 25.2 Å². The molecule has 0 amide bonds. The number of ether oxygens (including phenoxy) is 1. The van der Waals surface area contributed by atoms with E-state index in [9.17, 15) is 4.79 Å². The van der Waals surface area contributed by atoms with Gasteiger partial charge in [0.2, 0.25) is 0 Å². The summed E-state index contributed by atoms with van der Waals surface area (Å²) in [5, 5.41) is 0. The van der Waals surface area contributed by atoms with E-state index in [2.05, 4.69) is 20.8 Å². The van der Waals surface area contributed by atoms with Crippen molar-refractivity contribution in [3.8, 4) is 0 Å². The molecule has 0 aromatic heterocycles. The Kier molecular flexibility index (Phi) is 22.8. The van der Waals surface area contributed by atoms with E-state index in [1.54, 1.807) is 6.08 Å². The Labute approximate surface area is 183 Å². The van der Waals surface area contributed by atoms with E-state index < -0.39 is 0 Å². The lowest BCUT2D eigenvalue weighted by molar-refractivity contribution is -0.137. The third-order valence-corrected chi connectivity index (χ3v) is 5.65. The van der Waals surface area contributed by atoms with Crippen LogP contribution in [0.5, 0.6) is 0 Å². The van der Waals surface area contributed by atoms with Gasteiger partial charge in [-0.2, -0.15) is 0 Å². The molecule has 2 heteroatoms. The number of unbranched alkanes of at least 4 members (excludes halogenated alkanes) is 16. The molecule has 0 saturated heterocycles. The normalized spacial score (nSPS) is 11.6. The smallest absolute Gasteiger partial charge is 0.330 e. The summed E-state index contributed by atoms with van der Waals surface area (Å²) in [6.45, 7) is 7.33. The highest BCUT2D eigenvalue weighted by Crippen LogP contribution is 2.13. The fraction of sp³-hybridized carbons (Fsp3) is 0.889.